The van der Waals surface area contributed by atoms with Gasteiger partial charge in [-0.15, -0.1) is 11.8 Å². The van der Waals surface area contributed by atoms with Crippen molar-refractivity contribution < 1.29 is 29.0 Å². The largest absolute Gasteiger partial charge is 0.493 e. The van der Waals surface area contributed by atoms with Crippen LogP contribution in [-0.2, 0) is 14.4 Å². The minimum Gasteiger partial charge on any atom is -0.493 e. The van der Waals surface area contributed by atoms with E-state index >= 15 is 0 Å². The van der Waals surface area contributed by atoms with Crippen LogP contribution in [0.25, 0.3) is 0 Å². The van der Waals surface area contributed by atoms with E-state index in [1.54, 1.807) is 14.2 Å². The van der Waals surface area contributed by atoms with Crippen molar-refractivity contribution in [2.45, 2.75) is 52.3 Å². The molecule has 0 radical (unpaired) electrons. The number of aliphatic carboxylic acids is 1. The van der Waals surface area contributed by atoms with Crippen LogP contribution in [0.2, 0.25) is 0 Å². The summed E-state index contributed by atoms with van der Waals surface area (Å²) in [6.07, 6.45) is 0.374. The number of para-hydroxylation sites is 1. The normalized spacial score (nSPS) is 26.9. The number of nitrogens with zero attached hydrogens (tertiary/aromatic N) is 1. The molecule has 0 aliphatic carbocycles. The van der Waals surface area contributed by atoms with E-state index in [-0.39, 0.29) is 33.4 Å². The number of carboxylic acid groups (broad SMARTS) is 1. The number of rotatable bonds is 7. The fourth-order valence-electron chi connectivity index (χ4n) is 6.70. The zero-order chi connectivity index (χ0) is 29.5. The highest BCUT2D eigenvalue weighted by molar-refractivity contribution is 8.00. The highest BCUT2D eigenvalue weighted by atomic mass is 32.2. The van der Waals surface area contributed by atoms with Gasteiger partial charge in [-0.2, -0.15) is 0 Å². The first-order valence-electron chi connectivity index (χ1n) is 13.6. The summed E-state index contributed by atoms with van der Waals surface area (Å²) in [7, 11) is 3.20. The number of methoxy groups -OCH3 is 2. The fraction of sp³-hybridized carbons (Fsp3) is 0.516. The Labute approximate surface area is 241 Å². The van der Waals surface area contributed by atoms with Gasteiger partial charge in [0.25, 0.3) is 0 Å². The van der Waals surface area contributed by atoms with Gasteiger partial charge in [0.2, 0.25) is 0 Å². The molecule has 2 aromatic carbocycles. The molecule has 1 saturated heterocycles. The topological polar surface area (TPSA) is 102 Å². The lowest BCUT2D eigenvalue weighted by molar-refractivity contribution is -0.163. The molecule has 2 aliphatic heterocycles. The van der Waals surface area contributed by atoms with Crippen molar-refractivity contribution in [3.05, 3.63) is 53.1 Å². The molecule has 1 fully saturated rings. The van der Waals surface area contributed by atoms with Crippen molar-refractivity contribution in [2.75, 3.05) is 39.6 Å². The summed E-state index contributed by atoms with van der Waals surface area (Å²) in [6, 6.07) is 11.0. The summed E-state index contributed by atoms with van der Waals surface area (Å²) in [5.41, 5.74) is 1.47. The molecule has 1 amide bonds. The number of quaternary nitrogens is 1. The van der Waals surface area contributed by atoms with Crippen LogP contribution in [0, 0.1) is 17.8 Å². The minimum absolute atomic E-state index is 0.0127. The monoisotopic (exact) mass is 569 g/mol. The van der Waals surface area contributed by atoms with Crippen molar-refractivity contribution in [3.8, 4) is 11.5 Å². The van der Waals surface area contributed by atoms with Crippen molar-refractivity contribution in [2.24, 2.45) is 10.8 Å². The first-order valence-corrected chi connectivity index (χ1v) is 14.7. The van der Waals surface area contributed by atoms with E-state index < -0.39 is 23.2 Å². The van der Waals surface area contributed by atoms with Gasteiger partial charge in [-0.1, -0.05) is 44.5 Å². The van der Waals surface area contributed by atoms with E-state index in [9.17, 15) is 19.5 Å². The summed E-state index contributed by atoms with van der Waals surface area (Å²) in [5.74, 6) is -0.370. The summed E-state index contributed by atoms with van der Waals surface area (Å²) in [6.45, 7) is 10.4. The second-order valence-corrected chi connectivity index (χ2v) is 13.2. The van der Waals surface area contributed by atoms with E-state index in [1.807, 2.05) is 37.3 Å². The highest BCUT2D eigenvalue weighted by Gasteiger charge is 2.65. The molecule has 4 atom stereocenters. The Morgan fingerprint density at radius 3 is 2.48 bits per heavy atom. The predicted molar refractivity (Wildman–Crippen MR) is 158 cm³/mol. The van der Waals surface area contributed by atoms with Crippen molar-refractivity contribution in [3.63, 3.8) is 0 Å². The number of amides is 1. The smallest absolute Gasteiger partial charge is 0.329 e. The van der Waals surface area contributed by atoms with Gasteiger partial charge in [-0.25, -0.2) is 9.28 Å². The number of Topliss-reactive ketones (excluding diaryl/α,β-unsaturated/α-hetero) is 1. The molecule has 0 spiro atoms. The maximum Gasteiger partial charge on any atom is 0.329 e. The van der Waals surface area contributed by atoms with Crippen molar-refractivity contribution in [1.29, 1.82) is 0 Å². The third kappa shape index (κ3) is 4.92. The molecule has 2 unspecified atom stereocenters. The number of benzene rings is 2. The fourth-order valence-corrected chi connectivity index (χ4v) is 7.98. The van der Waals surface area contributed by atoms with E-state index in [0.29, 0.717) is 31.0 Å². The van der Waals surface area contributed by atoms with Crippen LogP contribution in [0.1, 0.15) is 56.1 Å². The van der Waals surface area contributed by atoms with Gasteiger partial charge in [0.15, 0.2) is 22.7 Å². The first kappa shape index (κ1) is 30.1. The summed E-state index contributed by atoms with van der Waals surface area (Å²) in [4.78, 5) is 41.1. The Balaban J connectivity index is 2.10. The number of carbonyl (C=O) groups excluding carboxylic acids is 2. The van der Waals surface area contributed by atoms with Crippen LogP contribution in [0.15, 0.2) is 36.4 Å². The quantitative estimate of drug-likeness (QED) is 0.364. The molecule has 0 bridgehead atoms. The van der Waals surface area contributed by atoms with E-state index in [1.165, 1.54) is 18.7 Å². The molecule has 2 aromatic rings. The second kappa shape index (κ2) is 11.2. The van der Waals surface area contributed by atoms with Crippen LogP contribution in [0.4, 0.5) is 5.69 Å². The number of nitrogens with one attached hydrogen (secondary N) is 1. The number of carboxylic acids is 1. The van der Waals surface area contributed by atoms with Crippen LogP contribution < -0.4 is 19.3 Å². The summed E-state index contributed by atoms with van der Waals surface area (Å²) >= 11 is 1.51. The Morgan fingerprint density at radius 1 is 1.15 bits per heavy atom. The standard InChI is InChI=1S/C31H40N2O6S/c1-19-11-12-23-22(15-19)28(21-9-8-10-24(38-6)27(21)39-7)40-16-26(35)33(23,18-30(3,4)5)25-13-14-32-17-31(25,20(2)34)29(36)37/h8-12,15,25,28,32H,13-14,16-18H2,1-7H3/p+1/t25-,28?,31+,33?/m1/s1. The maximum atomic E-state index is 14.7. The summed E-state index contributed by atoms with van der Waals surface area (Å²) in [5, 5.41) is 13.5. The molecule has 0 aromatic heterocycles. The molecule has 2 N–H and O–H groups in total. The van der Waals surface area contributed by atoms with Gasteiger partial charge >= 0.3 is 11.9 Å². The van der Waals surface area contributed by atoms with E-state index in [0.717, 1.165) is 22.4 Å². The van der Waals surface area contributed by atoms with Crippen LogP contribution in [-0.4, -0.2) is 68.4 Å². The first-order chi connectivity index (χ1) is 18.8. The van der Waals surface area contributed by atoms with Gasteiger partial charge in [0, 0.05) is 42.1 Å². The molecule has 0 saturated carbocycles. The lowest BCUT2D eigenvalue weighted by Crippen LogP contribution is -2.75. The van der Waals surface area contributed by atoms with E-state index in [4.69, 9.17) is 9.47 Å². The van der Waals surface area contributed by atoms with Gasteiger partial charge < -0.3 is 19.9 Å². The lowest BCUT2D eigenvalue weighted by Gasteiger charge is -2.52. The maximum absolute atomic E-state index is 14.7. The number of piperidine rings is 1. The number of ether oxygens (including phenoxy) is 2. The zero-order valence-electron chi connectivity index (χ0n) is 24.5. The molecule has 4 rings (SSSR count). The number of ketones is 1. The van der Waals surface area contributed by atoms with Crippen LogP contribution in [0.5, 0.6) is 11.5 Å². The Kier molecular flexibility index (Phi) is 8.41. The Morgan fingerprint density at radius 2 is 1.88 bits per heavy atom. The van der Waals surface area contributed by atoms with Crippen LogP contribution >= 0.6 is 11.8 Å². The molecule has 216 valence electrons. The SMILES string of the molecule is COc1cccc(C2SCC(=O)[N+](CC(C)(C)C)([C@@H]3CCNC[C@@]3(C(C)=O)C(=O)O)c3ccc(C)cc32)c1OC. The highest BCUT2D eigenvalue weighted by Crippen LogP contribution is 2.53. The minimum atomic E-state index is -1.75. The Bertz CT molecular complexity index is 1310. The lowest BCUT2D eigenvalue weighted by atomic mass is 9.70. The van der Waals surface area contributed by atoms with Gasteiger partial charge in [-0.05, 0) is 26.0 Å². The summed E-state index contributed by atoms with van der Waals surface area (Å²) < 4.78 is 11.2. The number of hydrogen-bond donors (Lipinski definition) is 2. The second-order valence-electron chi connectivity index (χ2n) is 12.1. The average molecular weight is 570 g/mol. The van der Waals surface area contributed by atoms with Crippen LogP contribution in [0.3, 0.4) is 0 Å². The molecule has 2 aliphatic rings. The zero-order valence-corrected chi connectivity index (χ0v) is 25.3. The van der Waals surface area contributed by atoms with Gasteiger partial charge in [-0.3, -0.25) is 9.59 Å². The predicted octanol–water partition coefficient (Wildman–Crippen LogP) is 4.75. The molecule has 2 heterocycles. The molecule has 9 heteroatoms. The number of aryl methyl sites for hydroxylation is 1. The third-order valence-electron chi connectivity index (χ3n) is 8.26. The number of hydrogen-bond acceptors (Lipinski definition) is 7. The third-order valence-corrected chi connectivity index (χ3v) is 9.52. The van der Waals surface area contributed by atoms with Crippen molar-refractivity contribution >= 4 is 35.1 Å². The van der Waals surface area contributed by atoms with Gasteiger partial charge in [0.05, 0.1) is 26.0 Å². The number of carbonyl (C=O) groups is 3. The van der Waals surface area contributed by atoms with E-state index in [2.05, 4.69) is 32.2 Å². The molecular formula is C31H41N2O6S+. The molecule has 40 heavy (non-hydrogen) atoms. The average Bonchev–Trinajstić information content (AvgIpc) is 3.01. The van der Waals surface area contributed by atoms with Gasteiger partial charge in [0.1, 0.15) is 17.5 Å². The number of thioether (sulfide) groups is 1. The molecular weight excluding hydrogens is 528 g/mol. The molecule has 8 nitrogen and oxygen atoms in total. The van der Waals surface area contributed by atoms with Crippen molar-refractivity contribution in [1.82, 2.24) is 9.80 Å². The number of fused-ring (bicyclic) bond motifs is 1. The Hall–Kier alpha value is -2.88.